The summed E-state index contributed by atoms with van der Waals surface area (Å²) in [6.45, 7) is 0.499. The molecule has 0 aliphatic heterocycles. The van der Waals surface area contributed by atoms with Gasteiger partial charge in [0.25, 0.3) is 0 Å². The van der Waals surface area contributed by atoms with E-state index < -0.39 is 18.1 Å². The Kier molecular flexibility index (Phi) is 7.83. The largest absolute Gasteiger partial charge is 0.467 e. The monoisotopic (exact) mass is 432 g/mol. The lowest BCUT2D eigenvalue weighted by atomic mass is 10.0. The van der Waals surface area contributed by atoms with E-state index in [1.165, 1.54) is 7.11 Å². The number of methoxy groups -OCH3 is 1. The lowest BCUT2D eigenvalue weighted by molar-refractivity contribution is -0.145. The van der Waals surface area contributed by atoms with Gasteiger partial charge in [0.05, 0.1) is 13.2 Å². The molecule has 3 aromatic carbocycles. The Hall–Kier alpha value is -3.84. The van der Waals surface area contributed by atoms with Crippen LogP contribution in [0.5, 0.6) is 0 Å². The average Bonchev–Trinajstić information content (AvgIpc) is 2.82. The van der Waals surface area contributed by atoms with Gasteiger partial charge < -0.3 is 26.8 Å². The Bertz CT molecular complexity index is 1020. The van der Waals surface area contributed by atoms with E-state index in [2.05, 4.69) is 10.6 Å². The van der Waals surface area contributed by atoms with Gasteiger partial charge in [0.1, 0.15) is 0 Å². The minimum absolute atomic E-state index is 0.315. The fraction of sp³-hybridized carbons (Fsp3) is 0.200. The lowest BCUT2D eigenvalue weighted by Gasteiger charge is -2.23. The molecule has 0 spiro atoms. The van der Waals surface area contributed by atoms with Crippen molar-refractivity contribution in [1.29, 1.82) is 0 Å². The van der Waals surface area contributed by atoms with Crippen molar-refractivity contribution in [1.82, 2.24) is 10.6 Å². The maximum absolute atomic E-state index is 13.3. The number of nitrogen functional groups attached to an aromatic ring is 2. The fourth-order valence-corrected chi connectivity index (χ4v) is 3.31. The predicted octanol–water partition coefficient (Wildman–Crippen LogP) is 2.58. The van der Waals surface area contributed by atoms with Crippen molar-refractivity contribution in [2.24, 2.45) is 0 Å². The van der Waals surface area contributed by atoms with Crippen molar-refractivity contribution in [2.75, 3.05) is 18.6 Å². The van der Waals surface area contributed by atoms with Crippen molar-refractivity contribution < 1.29 is 14.3 Å². The van der Waals surface area contributed by atoms with Crippen LogP contribution in [-0.4, -0.2) is 25.0 Å². The van der Waals surface area contributed by atoms with Gasteiger partial charge in [0.2, 0.25) is 5.91 Å². The SMILES string of the molecule is COC(=O)C(NC(=O)C(Cc1ccc(N)cc1)NCc1ccccc1)c1ccc(N)cc1. The van der Waals surface area contributed by atoms with Crippen LogP contribution < -0.4 is 22.1 Å². The third-order valence-corrected chi connectivity index (χ3v) is 5.12. The highest BCUT2D eigenvalue weighted by atomic mass is 16.5. The smallest absolute Gasteiger partial charge is 0.333 e. The Morgan fingerprint density at radius 3 is 2.03 bits per heavy atom. The molecule has 7 nitrogen and oxygen atoms in total. The fourth-order valence-electron chi connectivity index (χ4n) is 3.31. The summed E-state index contributed by atoms with van der Waals surface area (Å²) in [4.78, 5) is 25.7. The van der Waals surface area contributed by atoms with Crippen molar-refractivity contribution in [3.63, 3.8) is 0 Å². The number of anilines is 2. The molecule has 2 unspecified atom stereocenters. The van der Waals surface area contributed by atoms with E-state index in [0.29, 0.717) is 29.9 Å². The van der Waals surface area contributed by atoms with E-state index in [1.54, 1.807) is 36.4 Å². The highest BCUT2D eigenvalue weighted by Crippen LogP contribution is 2.17. The number of carbonyl (C=O) groups excluding carboxylic acids is 2. The van der Waals surface area contributed by atoms with Gasteiger partial charge in [-0.1, -0.05) is 54.6 Å². The molecule has 0 aliphatic carbocycles. The molecule has 0 radical (unpaired) electrons. The Morgan fingerprint density at radius 2 is 1.44 bits per heavy atom. The molecule has 0 aliphatic rings. The van der Waals surface area contributed by atoms with E-state index >= 15 is 0 Å². The van der Waals surface area contributed by atoms with Gasteiger partial charge in [-0.05, 0) is 47.4 Å². The maximum atomic E-state index is 13.3. The van der Waals surface area contributed by atoms with Gasteiger partial charge in [-0.15, -0.1) is 0 Å². The molecular formula is C25H28N4O3. The van der Waals surface area contributed by atoms with Gasteiger partial charge in [-0.2, -0.15) is 0 Å². The normalized spacial score (nSPS) is 12.5. The molecule has 1 amide bonds. The minimum Gasteiger partial charge on any atom is -0.467 e. The van der Waals surface area contributed by atoms with Gasteiger partial charge in [0, 0.05) is 17.9 Å². The molecule has 32 heavy (non-hydrogen) atoms. The van der Waals surface area contributed by atoms with Crippen LogP contribution in [0, 0.1) is 0 Å². The summed E-state index contributed by atoms with van der Waals surface area (Å²) in [5.41, 5.74) is 15.3. The number of rotatable bonds is 9. The summed E-state index contributed by atoms with van der Waals surface area (Å²) >= 11 is 0. The molecule has 0 heterocycles. The van der Waals surface area contributed by atoms with Gasteiger partial charge in [-0.25, -0.2) is 4.79 Å². The van der Waals surface area contributed by atoms with Crippen LogP contribution in [-0.2, 0) is 27.3 Å². The number of esters is 1. The van der Waals surface area contributed by atoms with Crippen molar-refractivity contribution in [3.8, 4) is 0 Å². The zero-order valence-electron chi connectivity index (χ0n) is 18.0. The predicted molar refractivity (Wildman–Crippen MR) is 125 cm³/mol. The Balaban J connectivity index is 1.80. The maximum Gasteiger partial charge on any atom is 0.333 e. The zero-order valence-corrected chi connectivity index (χ0v) is 18.0. The number of ether oxygens (including phenoxy) is 1. The molecule has 6 N–H and O–H groups in total. The van der Waals surface area contributed by atoms with E-state index in [1.807, 2.05) is 42.5 Å². The Labute approximate surface area is 187 Å². The first kappa shape index (κ1) is 22.8. The molecule has 7 heteroatoms. The van der Waals surface area contributed by atoms with Crippen molar-refractivity contribution in [2.45, 2.75) is 25.0 Å². The number of amides is 1. The third-order valence-electron chi connectivity index (χ3n) is 5.12. The van der Waals surface area contributed by atoms with Crippen molar-refractivity contribution >= 4 is 23.3 Å². The van der Waals surface area contributed by atoms with Gasteiger partial charge in [0.15, 0.2) is 6.04 Å². The van der Waals surface area contributed by atoms with Crippen LogP contribution in [0.15, 0.2) is 78.9 Å². The number of hydrogen-bond acceptors (Lipinski definition) is 6. The van der Waals surface area contributed by atoms with E-state index in [4.69, 9.17) is 16.2 Å². The number of nitrogens with two attached hydrogens (primary N) is 2. The topological polar surface area (TPSA) is 119 Å². The summed E-state index contributed by atoms with van der Waals surface area (Å²) in [5, 5.41) is 6.14. The molecule has 3 rings (SSSR count). The molecule has 2 atom stereocenters. The average molecular weight is 433 g/mol. The lowest BCUT2D eigenvalue weighted by Crippen LogP contribution is -2.48. The standard InChI is InChI=1S/C25H28N4O3/c1-32-25(31)23(19-9-13-21(27)14-10-19)29-24(30)22(15-17-7-11-20(26)12-8-17)28-16-18-5-3-2-4-6-18/h2-14,22-23,28H,15-16,26-27H2,1H3,(H,29,30). The molecule has 166 valence electrons. The molecule has 0 fully saturated rings. The van der Waals surface area contributed by atoms with Crippen LogP contribution in [0.1, 0.15) is 22.7 Å². The highest BCUT2D eigenvalue weighted by Gasteiger charge is 2.27. The molecular weight excluding hydrogens is 404 g/mol. The third kappa shape index (κ3) is 6.33. The second-order valence-electron chi connectivity index (χ2n) is 7.50. The summed E-state index contributed by atoms with van der Waals surface area (Å²) in [6, 6.07) is 22.4. The van der Waals surface area contributed by atoms with Crippen LogP contribution in [0.3, 0.4) is 0 Å². The minimum atomic E-state index is -0.944. The van der Waals surface area contributed by atoms with Crippen LogP contribution in [0.2, 0.25) is 0 Å². The zero-order chi connectivity index (χ0) is 22.9. The van der Waals surface area contributed by atoms with E-state index in [-0.39, 0.29) is 5.91 Å². The quantitative estimate of drug-likeness (QED) is 0.305. The van der Waals surface area contributed by atoms with E-state index in [9.17, 15) is 9.59 Å². The first-order chi connectivity index (χ1) is 15.5. The number of nitrogens with one attached hydrogen (secondary N) is 2. The van der Waals surface area contributed by atoms with Crippen molar-refractivity contribution in [3.05, 3.63) is 95.6 Å². The summed E-state index contributed by atoms with van der Waals surface area (Å²) in [6.07, 6.45) is 0.425. The molecule has 0 aromatic heterocycles. The highest BCUT2D eigenvalue weighted by molar-refractivity contribution is 5.88. The van der Waals surface area contributed by atoms with Gasteiger partial charge >= 0.3 is 5.97 Å². The number of hydrogen-bond donors (Lipinski definition) is 4. The van der Waals surface area contributed by atoms with Crippen LogP contribution in [0.25, 0.3) is 0 Å². The Morgan fingerprint density at radius 1 is 0.844 bits per heavy atom. The second-order valence-corrected chi connectivity index (χ2v) is 7.50. The van der Waals surface area contributed by atoms with Crippen LogP contribution >= 0.6 is 0 Å². The summed E-state index contributed by atoms with van der Waals surface area (Å²) in [5.74, 6) is -0.873. The number of carbonyl (C=O) groups is 2. The summed E-state index contributed by atoms with van der Waals surface area (Å²) < 4.78 is 4.92. The molecule has 3 aromatic rings. The van der Waals surface area contributed by atoms with Crippen LogP contribution in [0.4, 0.5) is 11.4 Å². The second kappa shape index (κ2) is 11.0. The van der Waals surface area contributed by atoms with Gasteiger partial charge in [-0.3, -0.25) is 4.79 Å². The first-order valence-electron chi connectivity index (χ1n) is 10.3. The number of benzene rings is 3. The summed E-state index contributed by atoms with van der Waals surface area (Å²) in [7, 11) is 1.29. The molecule has 0 saturated carbocycles. The first-order valence-corrected chi connectivity index (χ1v) is 10.3. The van der Waals surface area contributed by atoms with E-state index in [0.717, 1.165) is 11.1 Å². The molecule has 0 bridgehead atoms. The molecule has 0 saturated heterocycles.